The molecule has 2 rings (SSSR count). The average molecular weight is 277 g/mol. The number of hydrogen-bond donors (Lipinski definition) is 2. The number of hydrogen-bond acceptors (Lipinski definition) is 3. The quantitative estimate of drug-likeness (QED) is 0.799. The fourth-order valence-electron chi connectivity index (χ4n) is 2.62. The van der Waals surface area contributed by atoms with E-state index in [4.69, 9.17) is 10.5 Å². The SMILES string of the molecule is CC(CN)(NC(=O)CC1CCOCC1)C1CC1.Cl. The summed E-state index contributed by atoms with van der Waals surface area (Å²) in [5, 5.41) is 3.15. The summed E-state index contributed by atoms with van der Waals surface area (Å²) in [5.41, 5.74) is 5.62. The van der Waals surface area contributed by atoms with E-state index in [1.165, 1.54) is 12.8 Å². The predicted molar refractivity (Wildman–Crippen MR) is 73.7 cm³/mol. The van der Waals surface area contributed by atoms with Crippen molar-refractivity contribution in [3.05, 3.63) is 0 Å². The highest BCUT2D eigenvalue weighted by Gasteiger charge is 2.41. The second-order valence-corrected chi connectivity index (χ2v) is 5.70. The van der Waals surface area contributed by atoms with E-state index >= 15 is 0 Å². The number of nitrogens with two attached hydrogens (primary N) is 1. The van der Waals surface area contributed by atoms with Crippen LogP contribution < -0.4 is 11.1 Å². The van der Waals surface area contributed by atoms with Gasteiger partial charge in [0, 0.05) is 26.2 Å². The molecule has 106 valence electrons. The van der Waals surface area contributed by atoms with Crippen molar-refractivity contribution in [1.29, 1.82) is 0 Å². The van der Waals surface area contributed by atoms with Gasteiger partial charge in [0.25, 0.3) is 0 Å². The minimum atomic E-state index is -0.178. The highest BCUT2D eigenvalue weighted by Crippen LogP contribution is 2.39. The summed E-state index contributed by atoms with van der Waals surface area (Å²) in [6.45, 7) is 4.22. The van der Waals surface area contributed by atoms with Crippen molar-refractivity contribution < 1.29 is 9.53 Å². The first-order chi connectivity index (χ1) is 8.14. The first-order valence-electron chi connectivity index (χ1n) is 6.73. The summed E-state index contributed by atoms with van der Waals surface area (Å²) in [6.07, 6.45) is 5.05. The molecule has 5 heteroatoms. The first-order valence-corrected chi connectivity index (χ1v) is 6.73. The second kappa shape index (κ2) is 6.73. The number of ether oxygens (including phenoxy) is 1. The smallest absolute Gasteiger partial charge is 0.220 e. The lowest BCUT2D eigenvalue weighted by Crippen LogP contribution is -2.53. The van der Waals surface area contributed by atoms with Crippen LogP contribution in [0.3, 0.4) is 0 Å². The van der Waals surface area contributed by atoms with Crippen LogP contribution in [0.25, 0.3) is 0 Å². The van der Waals surface area contributed by atoms with Crippen LogP contribution in [0, 0.1) is 11.8 Å². The molecule has 0 spiro atoms. The minimum Gasteiger partial charge on any atom is -0.381 e. The van der Waals surface area contributed by atoms with E-state index < -0.39 is 0 Å². The Bertz CT molecular complexity index is 278. The van der Waals surface area contributed by atoms with E-state index in [0.29, 0.717) is 24.8 Å². The zero-order valence-corrected chi connectivity index (χ0v) is 11.9. The molecule has 1 aliphatic heterocycles. The van der Waals surface area contributed by atoms with Crippen molar-refractivity contribution in [3.63, 3.8) is 0 Å². The molecule has 2 fully saturated rings. The van der Waals surface area contributed by atoms with Crippen LogP contribution in [0.15, 0.2) is 0 Å². The third-order valence-corrected chi connectivity index (χ3v) is 4.14. The van der Waals surface area contributed by atoms with Crippen molar-refractivity contribution in [2.24, 2.45) is 17.6 Å². The highest BCUT2D eigenvalue weighted by atomic mass is 35.5. The van der Waals surface area contributed by atoms with E-state index in [1.54, 1.807) is 0 Å². The Hall–Kier alpha value is -0.320. The maximum Gasteiger partial charge on any atom is 0.220 e. The molecule has 18 heavy (non-hydrogen) atoms. The fraction of sp³-hybridized carbons (Fsp3) is 0.923. The van der Waals surface area contributed by atoms with Crippen LogP contribution in [0.2, 0.25) is 0 Å². The summed E-state index contributed by atoms with van der Waals surface area (Å²) >= 11 is 0. The lowest BCUT2D eigenvalue weighted by atomic mass is 9.93. The number of nitrogens with one attached hydrogen (secondary N) is 1. The monoisotopic (exact) mass is 276 g/mol. The molecule has 1 heterocycles. The Morgan fingerprint density at radius 3 is 2.44 bits per heavy atom. The molecule has 0 aromatic heterocycles. The first kappa shape index (κ1) is 15.7. The molecule has 0 bridgehead atoms. The molecule has 2 aliphatic rings. The molecule has 4 nitrogen and oxygen atoms in total. The van der Waals surface area contributed by atoms with Crippen molar-refractivity contribution in [2.75, 3.05) is 19.8 Å². The van der Waals surface area contributed by atoms with Gasteiger partial charge < -0.3 is 15.8 Å². The van der Waals surface area contributed by atoms with Gasteiger partial charge in [-0.3, -0.25) is 4.79 Å². The maximum absolute atomic E-state index is 12.0. The van der Waals surface area contributed by atoms with Crippen LogP contribution in [-0.2, 0) is 9.53 Å². The molecule has 1 saturated heterocycles. The van der Waals surface area contributed by atoms with Gasteiger partial charge in [-0.2, -0.15) is 0 Å². The molecule has 1 atom stereocenters. The van der Waals surface area contributed by atoms with E-state index in [1.807, 2.05) is 0 Å². The molecule has 1 amide bonds. The molecule has 1 saturated carbocycles. The minimum absolute atomic E-state index is 0. The molecule has 1 unspecified atom stereocenters. The molecule has 1 aliphatic carbocycles. The number of carbonyl (C=O) groups is 1. The van der Waals surface area contributed by atoms with Gasteiger partial charge in [0.15, 0.2) is 0 Å². The number of halogens is 1. The number of rotatable bonds is 5. The van der Waals surface area contributed by atoms with E-state index in [2.05, 4.69) is 12.2 Å². The van der Waals surface area contributed by atoms with Crippen molar-refractivity contribution in [2.45, 2.75) is 44.6 Å². The van der Waals surface area contributed by atoms with Crippen molar-refractivity contribution in [3.8, 4) is 0 Å². The van der Waals surface area contributed by atoms with Gasteiger partial charge in [0.2, 0.25) is 5.91 Å². The topological polar surface area (TPSA) is 64.3 Å². The molecule has 0 aromatic carbocycles. The Morgan fingerprint density at radius 1 is 1.33 bits per heavy atom. The normalized spacial score (nSPS) is 23.9. The highest BCUT2D eigenvalue weighted by molar-refractivity contribution is 5.85. The molecular formula is C13H25ClN2O2. The summed E-state index contributed by atoms with van der Waals surface area (Å²) in [4.78, 5) is 12.0. The fourth-order valence-corrected chi connectivity index (χ4v) is 2.62. The summed E-state index contributed by atoms with van der Waals surface area (Å²) < 4.78 is 5.30. The third kappa shape index (κ3) is 4.11. The van der Waals surface area contributed by atoms with Gasteiger partial charge in [0.05, 0.1) is 5.54 Å². The van der Waals surface area contributed by atoms with Crippen LogP contribution in [0.5, 0.6) is 0 Å². The van der Waals surface area contributed by atoms with Gasteiger partial charge >= 0.3 is 0 Å². The standard InChI is InChI=1S/C13H24N2O2.ClH/c1-13(9-14,11-2-3-11)15-12(16)8-10-4-6-17-7-5-10;/h10-11H,2-9,14H2,1H3,(H,15,16);1H. The summed E-state index contributed by atoms with van der Waals surface area (Å²) in [5.74, 6) is 1.24. The summed E-state index contributed by atoms with van der Waals surface area (Å²) in [6, 6.07) is 0. The van der Waals surface area contributed by atoms with Crippen LogP contribution in [0.4, 0.5) is 0 Å². The van der Waals surface area contributed by atoms with Gasteiger partial charge in [0.1, 0.15) is 0 Å². The molecule has 0 aromatic rings. The average Bonchev–Trinajstić information content (AvgIpc) is 3.14. The summed E-state index contributed by atoms with van der Waals surface area (Å²) in [7, 11) is 0. The zero-order valence-electron chi connectivity index (χ0n) is 11.1. The van der Waals surface area contributed by atoms with Gasteiger partial charge in [-0.25, -0.2) is 0 Å². The Kier molecular flexibility index (Phi) is 5.89. The predicted octanol–water partition coefficient (Wildman–Crippen LogP) is 1.47. The van der Waals surface area contributed by atoms with Crippen LogP contribution >= 0.6 is 12.4 Å². The van der Waals surface area contributed by atoms with Crippen molar-refractivity contribution in [1.82, 2.24) is 5.32 Å². The van der Waals surface area contributed by atoms with E-state index in [0.717, 1.165) is 26.1 Å². The van der Waals surface area contributed by atoms with Crippen LogP contribution in [-0.4, -0.2) is 31.2 Å². The number of carbonyl (C=O) groups excluding carboxylic acids is 1. The zero-order chi connectivity index (χ0) is 12.3. The number of amides is 1. The van der Waals surface area contributed by atoms with Gasteiger partial charge in [-0.15, -0.1) is 12.4 Å². The molecular weight excluding hydrogens is 252 g/mol. The van der Waals surface area contributed by atoms with Gasteiger partial charge in [-0.1, -0.05) is 0 Å². The van der Waals surface area contributed by atoms with E-state index in [-0.39, 0.29) is 23.9 Å². The largest absolute Gasteiger partial charge is 0.381 e. The Morgan fingerprint density at radius 2 is 1.94 bits per heavy atom. The van der Waals surface area contributed by atoms with E-state index in [9.17, 15) is 4.79 Å². The third-order valence-electron chi connectivity index (χ3n) is 4.14. The Balaban J connectivity index is 0.00000162. The van der Waals surface area contributed by atoms with Crippen LogP contribution in [0.1, 0.15) is 39.0 Å². The Labute approximate surface area is 115 Å². The maximum atomic E-state index is 12.0. The second-order valence-electron chi connectivity index (χ2n) is 5.70. The molecule has 3 N–H and O–H groups in total. The molecule has 0 radical (unpaired) electrons. The van der Waals surface area contributed by atoms with Crippen molar-refractivity contribution >= 4 is 18.3 Å². The van der Waals surface area contributed by atoms with Gasteiger partial charge in [-0.05, 0) is 44.4 Å². The lowest BCUT2D eigenvalue weighted by Gasteiger charge is -2.31. The lowest BCUT2D eigenvalue weighted by molar-refractivity contribution is -0.124.